The number of likely N-dealkylation sites (N-methyl/N-ethyl adjacent to an activating group) is 1. The third-order valence-corrected chi connectivity index (χ3v) is 3.25. The van der Waals surface area contributed by atoms with Gasteiger partial charge in [-0.25, -0.2) is 9.18 Å². The molecule has 0 fully saturated rings. The van der Waals surface area contributed by atoms with Gasteiger partial charge in [0.15, 0.2) is 0 Å². The molecule has 0 N–H and O–H groups in total. The predicted octanol–water partition coefficient (Wildman–Crippen LogP) is 3.50. The second kappa shape index (κ2) is 7.71. The van der Waals surface area contributed by atoms with E-state index in [0.29, 0.717) is 12.1 Å². The van der Waals surface area contributed by atoms with Crippen molar-refractivity contribution >= 4 is 5.97 Å². The van der Waals surface area contributed by atoms with E-state index >= 15 is 0 Å². The molecule has 0 aliphatic carbocycles. The highest BCUT2D eigenvalue weighted by Gasteiger charge is 2.14. The van der Waals surface area contributed by atoms with Gasteiger partial charge in [0, 0.05) is 13.1 Å². The first-order valence-electron chi connectivity index (χ1n) is 7.23. The van der Waals surface area contributed by atoms with Crippen LogP contribution in [0.2, 0.25) is 0 Å². The Morgan fingerprint density at radius 1 is 1.14 bits per heavy atom. The molecule has 116 valence electrons. The van der Waals surface area contributed by atoms with Crippen molar-refractivity contribution < 1.29 is 13.9 Å². The quantitative estimate of drug-likeness (QED) is 0.765. The van der Waals surface area contributed by atoms with Crippen LogP contribution in [0.3, 0.4) is 0 Å². The monoisotopic (exact) mass is 301 g/mol. The first kappa shape index (κ1) is 16.2. The van der Waals surface area contributed by atoms with Crippen LogP contribution in [0.5, 0.6) is 0 Å². The number of halogens is 1. The molecule has 0 aliphatic heterocycles. The Labute approximate surface area is 130 Å². The van der Waals surface area contributed by atoms with E-state index in [-0.39, 0.29) is 11.9 Å². The Balaban J connectivity index is 1.83. The largest absolute Gasteiger partial charge is 0.458 e. The third-order valence-electron chi connectivity index (χ3n) is 3.25. The van der Waals surface area contributed by atoms with Crippen LogP contribution in [0.25, 0.3) is 0 Å². The molecule has 2 rings (SSSR count). The van der Waals surface area contributed by atoms with E-state index in [1.165, 1.54) is 29.8 Å². The van der Waals surface area contributed by atoms with Gasteiger partial charge in [-0.05, 0) is 43.8 Å². The molecule has 0 bridgehead atoms. The topological polar surface area (TPSA) is 29.5 Å². The molecule has 0 radical (unpaired) electrons. The maximum Gasteiger partial charge on any atom is 0.338 e. The highest BCUT2D eigenvalue weighted by molar-refractivity contribution is 5.89. The Bertz CT molecular complexity index is 598. The summed E-state index contributed by atoms with van der Waals surface area (Å²) in [5.74, 6) is -0.798. The molecule has 0 aliphatic rings. The summed E-state index contributed by atoms with van der Waals surface area (Å²) in [5.41, 5.74) is 1.57. The predicted molar refractivity (Wildman–Crippen MR) is 84.1 cm³/mol. The zero-order valence-corrected chi connectivity index (χ0v) is 12.8. The van der Waals surface area contributed by atoms with Crippen LogP contribution in [0, 0.1) is 5.82 Å². The van der Waals surface area contributed by atoms with Crippen molar-refractivity contribution in [1.29, 1.82) is 0 Å². The first-order valence-corrected chi connectivity index (χ1v) is 7.23. The van der Waals surface area contributed by atoms with Crippen molar-refractivity contribution in [2.24, 2.45) is 0 Å². The van der Waals surface area contributed by atoms with Gasteiger partial charge in [-0.3, -0.25) is 4.90 Å². The summed E-state index contributed by atoms with van der Waals surface area (Å²) < 4.78 is 18.2. The second-order valence-corrected chi connectivity index (χ2v) is 5.41. The molecule has 2 aromatic rings. The average molecular weight is 301 g/mol. The number of esters is 1. The molecule has 0 heterocycles. The standard InChI is InChI=1S/C18H20FNO2/c1-14(12-20(2)13-15-6-4-3-5-7-15)22-18(21)16-8-10-17(19)11-9-16/h3-11,14H,12-13H2,1-2H3/t14-/m1/s1. The fraction of sp³-hybridized carbons (Fsp3) is 0.278. The van der Waals surface area contributed by atoms with Gasteiger partial charge in [-0.15, -0.1) is 0 Å². The van der Waals surface area contributed by atoms with Crippen molar-refractivity contribution in [3.8, 4) is 0 Å². The van der Waals surface area contributed by atoms with E-state index in [1.807, 2.05) is 32.2 Å². The molecule has 1 atom stereocenters. The fourth-order valence-corrected chi connectivity index (χ4v) is 2.27. The number of ether oxygens (including phenoxy) is 1. The number of hydrogen-bond donors (Lipinski definition) is 0. The van der Waals surface area contributed by atoms with Crippen LogP contribution >= 0.6 is 0 Å². The zero-order chi connectivity index (χ0) is 15.9. The molecule has 3 nitrogen and oxygen atoms in total. The highest BCUT2D eigenvalue weighted by Crippen LogP contribution is 2.08. The molecule has 0 spiro atoms. The molecule has 0 saturated carbocycles. The number of carbonyl (C=O) groups excluding carboxylic acids is 1. The van der Waals surface area contributed by atoms with Crippen molar-refractivity contribution in [2.75, 3.05) is 13.6 Å². The molecular formula is C18H20FNO2. The van der Waals surface area contributed by atoms with E-state index in [4.69, 9.17) is 4.74 Å². The van der Waals surface area contributed by atoms with Crippen molar-refractivity contribution in [2.45, 2.75) is 19.6 Å². The number of hydrogen-bond acceptors (Lipinski definition) is 3. The van der Waals surface area contributed by atoms with Gasteiger partial charge in [0.1, 0.15) is 11.9 Å². The van der Waals surface area contributed by atoms with Crippen LogP contribution in [0.1, 0.15) is 22.8 Å². The van der Waals surface area contributed by atoms with Crippen molar-refractivity contribution in [3.05, 3.63) is 71.5 Å². The van der Waals surface area contributed by atoms with Gasteiger partial charge >= 0.3 is 5.97 Å². The van der Waals surface area contributed by atoms with Gasteiger partial charge in [-0.1, -0.05) is 30.3 Å². The normalized spacial score (nSPS) is 12.2. The van der Waals surface area contributed by atoms with Crippen LogP contribution in [0.4, 0.5) is 4.39 Å². The van der Waals surface area contributed by atoms with E-state index in [1.54, 1.807) is 0 Å². The minimum absolute atomic E-state index is 0.244. The Morgan fingerprint density at radius 2 is 1.77 bits per heavy atom. The second-order valence-electron chi connectivity index (χ2n) is 5.41. The van der Waals surface area contributed by atoms with Crippen molar-refractivity contribution in [1.82, 2.24) is 4.90 Å². The molecule has 0 amide bonds. The molecule has 0 saturated heterocycles. The molecular weight excluding hydrogens is 281 g/mol. The lowest BCUT2D eigenvalue weighted by Crippen LogP contribution is -2.30. The van der Waals surface area contributed by atoms with E-state index in [9.17, 15) is 9.18 Å². The lowest BCUT2D eigenvalue weighted by atomic mass is 10.2. The van der Waals surface area contributed by atoms with Crippen LogP contribution < -0.4 is 0 Å². The number of rotatable bonds is 6. The summed E-state index contributed by atoms with van der Waals surface area (Å²) in [6.07, 6.45) is -0.244. The van der Waals surface area contributed by atoms with Crippen LogP contribution in [-0.2, 0) is 11.3 Å². The van der Waals surface area contributed by atoms with Gasteiger partial charge in [0.05, 0.1) is 5.56 Å². The van der Waals surface area contributed by atoms with Crippen molar-refractivity contribution in [3.63, 3.8) is 0 Å². The van der Waals surface area contributed by atoms with Gasteiger partial charge in [-0.2, -0.15) is 0 Å². The summed E-state index contributed by atoms with van der Waals surface area (Å²) in [7, 11) is 1.98. The summed E-state index contributed by atoms with van der Waals surface area (Å²) in [6, 6.07) is 15.5. The Hall–Kier alpha value is -2.20. The summed E-state index contributed by atoms with van der Waals surface area (Å²) in [4.78, 5) is 14.0. The Morgan fingerprint density at radius 3 is 2.41 bits per heavy atom. The SMILES string of the molecule is C[C@H](CN(C)Cc1ccccc1)OC(=O)c1ccc(F)cc1. The smallest absolute Gasteiger partial charge is 0.338 e. The maximum absolute atomic E-state index is 12.8. The lowest BCUT2D eigenvalue weighted by molar-refractivity contribution is 0.0268. The number of carbonyl (C=O) groups is 1. The molecule has 0 unspecified atom stereocenters. The van der Waals surface area contributed by atoms with Crippen LogP contribution in [0.15, 0.2) is 54.6 Å². The zero-order valence-electron chi connectivity index (χ0n) is 12.8. The van der Waals surface area contributed by atoms with Gasteiger partial charge in [0.2, 0.25) is 0 Å². The van der Waals surface area contributed by atoms with Crippen LogP contribution in [-0.4, -0.2) is 30.6 Å². The summed E-state index contributed by atoms with van der Waals surface area (Å²) in [6.45, 7) is 3.27. The van der Waals surface area contributed by atoms with Gasteiger partial charge < -0.3 is 4.74 Å². The first-order chi connectivity index (χ1) is 10.5. The molecule has 2 aromatic carbocycles. The third kappa shape index (κ3) is 4.97. The molecule has 22 heavy (non-hydrogen) atoms. The lowest BCUT2D eigenvalue weighted by Gasteiger charge is -2.21. The maximum atomic E-state index is 12.8. The molecule has 4 heteroatoms. The number of nitrogens with zero attached hydrogens (tertiary/aromatic N) is 1. The molecule has 0 aromatic heterocycles. The minimum atomic E-state index is -0.430. The summed E-state index contributed by atoms with van der Waals surface area (Å²) in [5, 5.41) is 0. The summed E-state index contributed by atoms with van der Waals surface area (Å²) >= 11 is 0. The number of benzene rings is 2. The fourth-order valence-electron chi connectivity index (χ4n) is 2.27. The van der Waals surface area contributed by atoms with Gasteiger partial charge in [0.25, 0.3) is 0 Å². The highest BCUT2D eigenvalue weighted by atomic mass is 19.1. The minimum Gasteiger partial charge on any atom is -0.458 e. The van der Waals surface area contributed by atoms with E-state index in [0.717, 1.165) is 6.54 Å². The average Bonchev–Trinajstić information content (AvgIpc) is 2.48. The van der Waals surface area contributed by atoms with E-state index in [2.05, 4.69) is 17.0 Å². The van der Waals surface area contributed by atoms with E-state index < -0.39 is 5.97 Å². The Kier molecular flexibility index (Phi) is 5.67.